The average molecular weight is 244 g/mol. The zero-order valence-electron chi connectivity index (χ0n) is 11.0. The highest BCUT2D eigenvalue weighted by molar-refractivity contribution is 5.18. The van der Waals surface area contributed by atoms with Gasteiger partial charge in [0.05, 0.1) is 12.7 Å². The fourth-order valence-electron chi connectivity index (χ4n) is 1.99. The predicted octanol–water partition coefficient (Wildman–Crippen LogP) is 3.48. The van der Waals surface area contributed by atoms with Gasteiger partial charge in [-0.2, -0.15) is 0 Å². The molecule has 3 nitrogen and oxygen atoms in total. The Kier molecular flexibility index (Phi) is 4.53. The van der Waals surface area contributed by atoms with E-state index in [4.69, 9.17) is 4.42 Å². The number of rotatable bonds is 6. The van der Waals surface area contributed by atoms with E-state index in [1.54, 1.807) is 6.20 Å². The summed E-state index contributed by atoms with van der Waals surface area (Å²) in [4.78, 5) is 4.26. The van der Waals surface area contributed by atoms with Crippen molar-refractivity contribution in [3.05, 3.63) is 53.7 Å². The zero-order valence-corrected chi connectivity index (χ0v) is 11.0. The first-order valence-corrected chi connectivity index (χ1v) is 6.55. The van der Waals surface area contributed by atoms with E-state index in [9.17, 15) is 0 Å². The van der Waals surface area contributed by atoms with Crippen LogP contribution in [-0.2, 0) is 13.0 Å². The third-order valence-corrected chi connectivity index (χ3v) is 3.06. The highest BCUT2D eigenvalue weighted by atomic mass is 16.4. The van der Waals surface area contributed by atoms with Crippen molar-refractivity contribution >= 4 is 0 Å². The fraction of sp³-hybridized carbons (Fsp3) is 0.400. The third-order valence-electron chi connectivity index (χ3n) is 3.06. The van der Waals surface area contributed by atoms with Crippen LogP contribution in [0.1, 0.15) is 43.5 Å². The van der Waals surface area contributed by atoms with Gasteiger partial charge in [0.2, 0.25) is 5.89 Å². The number of nitrogens with one attached hydrogen (secondary N) is 1. The molecule has 0 saturated carbocycles. The van der Waals surface area contributed by atoms with Crippen LogP contribution in [0.15, 0.2) is 40.9 Å². The van der Waals surface area contributed by atoms with E-state index in [-0.39, 0.29) is 0 Å². The van der Waals surface area contributed by atoms with Crippen LogP contribution < -0.4 is 5.32 Å². The molecule has 0 aliphatic rings. The van der Waals surface area contributed by atoms with E-state index in [2.05, 4.69) is 48.4 Å². The van der Waals surface area contributed by atoms with Crippen molar-refractivity contribution in [1.82, 2.24) is 10.3 Å². The molecule has 1 aromatic heterocycles. The molecule has 1 atom stereocenters. The van der Waals surface area contributed by atoms with Gasteiger partial charge >= 0.3 is 0 Å². The lowest BCUT2D eigenvalue weighted by Crippen LogP contribution is -2.20. The van der Waals surface area contributed by atoms with Gasteiger partial charge in [0.1, 0.15) is 5.76 Å². The Morgan fingerprint density at radius 1 is 1.22 bits per heavy atom. The molecule has 96 valence electrons. The van der Waals surface area contributed by atoms with E-state index in [1.807, 2.05) is 6.07 Å². The van der Waals surface area contributed by atoms with Gasteiger partial charge in [-0.3, -0.25) is 0 Å². The summed E-state index contributed by atoms with van der Waals surface area (Å²) in [7, 11) is 0. The van der Waals surface area contributed by atoms with Gasteiger partial charge in [-0.05, 0) is 12.0 Å². The number of nitrogens with zero attached hydrogens (tertiary/aromatic N) is 1. The minimum Gasteiger partial charge on any atom is -0.444 e. The van der Waals surface area contributed by atoms with Crippen molar-refractivity contribution in [3.63, 3.8) is 0 Å². The van der Waals surface area contributed by atoms with E-state index >= 15 is 0 Å². The minimum absolute atomic E-state index is 0.350. The van der Waals surface area contributed by atoms with Gasteiger partial charge < -0.3 is 9.73 Å². The van der Waals surface area contributed by atoms with Crippen LogP contribution in [0.3, 0.4) is 0 Å². The minimum atomic E-state index is 0.350. The Bertz CT molecular complexity index is 464. The second-order valence-corrected chi connectivity index (χ2v) is 4.33. The average Bonchev–Trinajstić information content (AvgIpc) is 2.89. The van der Waals surface area contributed by atoms with E-state index in [0.29, 0.717) is 12.6 Å². The maximum atomic E-state index is 5.59. The van der Waals surface area contributed by atoms with Gasteiger partial charge in [-0.1, -0.05) is 44.2 Å². The van der Waals surface area contributed by atoms with Crippen LogP contribution in [0, 0.1) is 0 Å². The highest BCUT2D eigenvalue weighted by Crippen LogP contribution is 2.16. The van der Waals surface area contributed by atoms with Crippen LogP contribution in [0.25, 0.3) is 0 Å². The topological polar surface area (TPSA) is 38.1 Å². The molecule has 1 unspecified atom stereocenters. The maximum absolute atomic E-state index is 5.59. The lowest BCUT2D eigenvalue weighted by Gasteiger charge is -2.16. The molecule has 0 radical (unpaired) electrons. The van der Waals surface area contributed by atoms with Gasteiger partial charge in [-0.25, -0.2) is 4.98 Å². The number of aromatic nitrogens is 1. The first kappa shape index (κ1) is 12.8. The molecule has 0 saturated heterocycles. The van der Waals surface area contributed by atoms with E-state index in [1.165, 1.54) is 5.56 Å². The van der Waals surface area contributed by atoms with Crippen molar-refractivity contribution in [2.45, 2.75) is 39.3 Å². The SMILES string of the molecule is CCc1cnc(CNC(CC)c2ccccc2)o1. The van der Waals surface area contributed by atoms with Crippen LogP contribution in [0.2, 0.25) is 0 Å². The quantitative estimate of drug-likeness (QED) is 0.845. The summed E-state index contributed by atoms with van der Waals surface area (Å²) in [5, 5.41) is 3.48. The molecule has 2 rings (SSSR count). The van der Waals surface area contributed by atoms with Crippen LogP contribution >= 0.6 is 0 Å². The number of aryl methyl sites for hydroxylation is 1. The molecule has 0 amide bonds. The van der Waals surface area contributed by atoms with Crippen molar-refractivity contribution in [2.24, 2.45) is 0 Å². The Balaban J connectivity index is 1.95. The summed E-state index contributed by atoms with van der Waals surface area (Å²) in [6.07, 6.45) is 3.74. The van der Waals surface area contributed by atoms with Crippen LogP contribution in [0.5, 0.6) is 0 Å². The molecule has 18 heavy (non-hydrogen) atoms. The monoisotopic (exact) mass is 244 g/mol. The summed E-state index contributed by atoms with van der Waals surface area (Å²) in [6, 6.07) is 10.8. The van der Waals surface area contributed by atoms with E-state index in [0.717, 1.165) is 24.5 Å². The normalized spacial score (nSPS) is 12.6. The van der Waals surface area contributed by atoms with Crippen molar-refractivity contribution in [3.8, 4) is 0 Å². The largest absolute Gasteiger partial charge is 0.444 e. The first-order valence-electron chi connectivity index (χ1n) is 6.55. The Morgan fingerprint density at radius 3 is 2.61 bits per heavy atom. The molecule has 0 fully saturated rings. The van der Waals surface area contributed by atoms with Crippen molar-refractivity contribution in [1.29, 1.82) is 0 Å². The molecule has 1 heterocycles. The number of benzene rings is 1. The van der Waals surface area contributed by atoms with Crippen LogP contribution in [0.4, 0.5) is 0 Å². The molecule has 3 heteroatoms. The standard InChI is InChI=1S/C15H20N2O/c1-3-13-10-17-15(18-13)11-16-14(4-2)12-8-6-5-7-9-12/h5-10,14,16H,3-4,11H2,1-2H3. The number of hydrogen-bond acceptors (Lipinski definition) is 3. The Labute approximate surface area is 108 Å². The number of oxazole rings is 1. The molecule has 0 aliphatic heterocycles. The lowest BCUT2D eigenvalue weighted by molar-refractivity contribution is 0.413. The predicted molar refractivity (Wildman–Crippen MR) is 72.2 cm³/mol. The molecule has 0 spiro atoms. The number of hydrogen-bond donors (Lipinski definition) is 1. The second-order valence-electron chi connectivity index (χ2n) is 4.33. The lowest BCUT2D eigenvalue weighted by atomic mass is 10.1. The molecule has 0 bridgehead atoms. The molecule has 2 aromatic rings. The molecule has 1 N–H and O–H groups in total. The van der Waals surface area contributed by atoms with Gasteiger partial charge in [-0.15, -0.1) is 0 Å². The molecule has 1 aromatic carbocycles. The van der Waals surface area contributed by atoms with Crippen molar-refractivity contribution < 1.29 is 4.42 Å². The summed E-state index contributed by atoms with van der Waals surface area (Å²) >= 11 is 0. The third kappa shape index (κ3) is 3.20. The maximum Gasteiger partial charge on any atom is 0.208 e. The Hall–Kier alpha value is -1.61. The molecular formula is C15H20N2O. The van der Waals surface area contributed by atoms with Gasteiger partial charge in [0.15, 0.2) is 0 Å². The van der Waals surface area contributed by atoms with Crippen LogP contribution in [-0.4, -0.2) is 4.98 Å². The summed E-state index contributed by atoms with van der Waals surface area (Å²) < 4.78 is 5.59. The fourth-order valence-corrected chi connectivity index (χ4v) is 1.99. The molecule has 0 aliphatic carbocycles. The first-order chi connectivity index (χ1) is 8.83. The van der Waals surface area contributed by atoms with Gasteiger partial charge in [0.25, 0.3) is 0 Å². The summed E-state index contributed by atoms with van der Waals surface area (Å²) in [5.74, 6) is 1.71. The zero-order chi connectivity index (χ0) is 12.8. The van der Waals surface area contributed by atoms with E-state index < -0.39 is 0 Å². The Morgan fingerprint density at radius 2 is 2.00 bits per heavy atom. The summed E-state index contributed by atoms with van der Waals surface area (Å²) in [5.41, 5.74) is 1.31. The van der Waals surface area contributed by atoms with Crippen molar-refractivity contribution in [2.75, 3.05) is 0 Å². The molecular weight excluding hydrogens is 224 g/mol. The van der Waals surface area contributed by atoms with Gasteiger partial charge in [0, 0.05) is 12.5 Å². The second kappa shape index (κ2) is 6.36. The smallest absolute Gasteiger partial charge is 0.208 e. The summed E-state index contributed by atoms with van der Waals surface area (Å²) in [6.45, 7) is 4.92. The highest BCUT2D eigenvalue weighted by Gasteiger charge is 2.09.